The van der Waals surface area contributed by atoms with E-state index in [2.05, 4.69) is 62.2 Å². The molecular weight excluding hydrogens is 331 g/mol. The van der Waals surface area contributed by atoms with Gasteiger partial charge in [-0.15, -0.1) is 24.8 Å². The Morgan fingerprint density at radius 1 is 1.00 bits per heavy atom. The van der Waals surface area contributed by atoms with Crippen LogP contribution in [0.1, 0.15) is 45.7 Å². The molecule has 0 aromatic heterocycles. The molecule has 0 aliphatic carbocycles. The monoisotopic (exact) mass is 362 g/mol. The van der Waals surface area contributed by atoms with Gasteiger partial charge >= 0.3 is 0 Å². The van der Waals surface area contributed by atoms with E-state index in [1.807, 2.05) is 0 Å². The van der Waals surface area contributed by atoms with Gasteiger partial charge in [0.05, 0.1) is 6.10 Å². The van der Waals surface area contributed by atoms with Gasteiger partial charge in [0, 0.05) is 32.2 Å². The Hall–Kier alpha value is -0.480. The minimum atomic E-state index is 0. The quantitative estimate of drug-likeness (QED) is 0.815. The van der Waals surface area contributed by atoms with E-state index in [0.29, 0.717) is 12.0 Å². The van der Waals surface area contributed by atoms with Gasteiger partial charge in [-0.3, -0.25) is 4.90 Å². The third-order valence-corrected chi connectivity index (χ3v) is 3.92. The lowest BCUT2D eigenvalue weighted by Gasteiger charge is -2.36. The molecule has 2 rings (SSSR count). The molecule has 0 radical (unpaired) electrons. The third kappa shape index (κ3) is 7.30. The van der Waals surface area contributed by atoms with Crippen LogP contribution in [0.15, 0.2) is 24.3 Å². The molecule has 1 fully saturated rings. The lowest BCUT2D eigenvalue weighted by molar-refractivity contribution is 0.154. The zero-order valence-corrected chi connectivity index (χ0v) is 16.4. The molecule has 1 saturated heterocycles. The van der Waals surface area contributed by atoms with Crippen LogP contribution in [0.3, 0.4) is 0 Å². The van der Waals surface area contributed by atoms with E-state index in [1.54, 1.807) is 0 Å². The summed E-state index contributed by atoms with van der Waals surface area (Å²) in [4.78, 5) is 2.62. The number of hydrogen-bond acceptors (Lipinski definition) is 3. The van der Waals surface area contributed by atoms with Crippen molar-refractivity contribution >= 4 is 24.8 Å². The van der Waals surface area contributed by atoms with Crippen LogP contribution in [-0.4, -0.2) is 37.2 Å². The van der Waals surface area contributed by atoms with Crippen LogP contribution >= 0.6 is 24.8 Å². The Labute approximate surface area is 154 Å². The van der Waals surface area contributed by atoms with Crippen molar-refractivity contribution in [3.05, 3.63) is 29.8 Å². The van der Waals surface area contributed by atoms with Gasteiger partial charge in [0.2, 0.25) is 0 Å². The van der Waals surface area contributed by atoms with Gasteiger partial charge in [-0.25, -0.2) is 0 Å². The van der Waals surface area contributed by atoms with Gasteiger partial charge in [0.15, 0.2) is 0 Å². The number of ether oxygens (including phenoxy) is 1. The van der Waals surface area contributed by atoms with Crippen LogP contribution in [0, 0.1) is 5.92 Å². The summed E-state index contributed by atoms with van der Waals surface area (Å²) in [6, 6.07) is 9.25. The Bertz CT molecular complexity index is 418. The maximum atomic E-state index is 5.75. The number of halogens is 2. The van der Waals surface area contributed by atoms with Gasteiger partial charge in [-0.05, 0) is 43.9 Å². The number of nitrogens with one attached hydrogen (secondary N) is 1. The largest absolute Gasteiger partial charge is 0.491 e. The minimum Gasteiger partial charge on any atom is -0.491 e. The number of benzene rings is 1. The van der Waals surface area contributed by atoms with E-state index in [9.17, 15) is 0 Å². The van der Waals surface area contributed by atoms with Crippen molar-refractivity contribution in [3.8, 4) is 5.75 Å². The zero-order valence-electron chi connectivity index (χ0n) is 14.7. The fourth-order valence-electron chi connectivity index (χ4n) is 2.98. The smallest absolute Gasteiger partial charge is 0.119 e. The molecule has 1 heterocycles. The van der Waals surface area contributed by atoms with E-state index in [0.717, 1.165) is 31.9 Å². The fourth-order valence-corrected chi connectivity index (χ4v) is 2.98. The topological polar surface area (TPSA) is 24.5 Å². The van der Waals surface area contributed by atoms with Crippen molar-refractivity contribution < 1.29 is 4.74 Å². The van der Waals surface area contributed by atoms with Crippen molar-refractivity contribution in [1.82, 2.24) is 10.2 Å². The first-order chi connectivity index (χ1) is 10.1. The predicted octanol–water partition coefficient (Wildman–Crippen LogP) is 4.31. The van der Waals surface area contributed by atoms with Crippen LogP contribution in [-0.2, 0) is 0 Å². The van der Waals surface area contributed by atoms with E-state index in [-0.39, 0.29) is 30.9 Å². The second kappa shape index (κ2) is 11.1. The molecule has 5 heteroatoms. The predicted molar refractivity (Wildman–Crippen MR) is 103 cm³/mol. The first-order valence-electron chi connectivity index (χ1n) is 8.27. The van der Waals surface area contributed by atoms with E-state index in [1.165, 1.54) is 12.0 Å². The van der Waals surface area contributed by atoms with Gasteiger partial charge in [0.1, 0.15) is 5.75 Å². The minimum absolute atomic E-state index is 0. The molecule has 1 atom stereocenters. The Morgan fingerprint density at radius 2 is 1.57 bits per heavy atom. The average molecular weight is 363 g/mol. The van der Waals surface area contributed by atoms with Crippen LogP contribution in [0.25, 0.3) is 0 Å². The van der Waals surface area contributed by atoms with Gasteiger partial charge in [0.25, 0.3) is 0 Å². The highest BCUT2D eigenvalue weighted by molar-refractivity contribution is 5.85. The highest BCUT2D eigenvalue weighted by atomic mass is 35.5. The summed E-state index contributed by atoms with van der Waals surface area (Å²) in [5, 5.41) is 3.44. The molecule has 1 N–H and O–H groups in total. The third-order valence-electron chi connectivity index (χ3n) is 3.92. The van der Waals surface area contributed by atoms with Crippen molar-refractivity contribution in [2.24, 2.45) is 5.92 Å². The van der Waals surface area contributed by atoms with Gasteiger partial charge in [-0.1, -0.05) is 26.0 Å². The second-order valence-corrected chi connectivity index (χ2v) is 6.67. The summed E-state index contributed by atoms with van der Waals surface area (Å²) in [7, 11) is 0. The van der Waals surface area contributed by atoms with Crippen LogP contribution in [0.5, 0.6) is 5.75 Å². The van der Waals surface area contributed by atoms with Gasteiger partial charge < -0.3 is 10.1 Å². The van der Waals surface area contributed by atoms with Crippen molar-refractivity contribution in [2.75, 3.05) is 26.2 Å². The molecule has 0 bridgehead atoms. The van der Waals surface area contributed by atoms with Crippen molar-refractivity contribution in [3.63, 3.8) is 0 Å². The molecule has 0 spiro atoms. The fraction of sp³-hybridized carbons (Fsp3) is 0.667. The molecule has 3 nitrogen and oxygen atoms in total. The number of hydrogen-bond donors (Lipinski definition) is 1. The molecule has 0 saturated carbocycles. The maximum absolute atomic E-state index is 5.75. The second-order valence-electron chi connectivity index (χ2n) is 6.67. The van der Waals surface area contributed by atoms with Crippen LogP contribution < -0.4 is 10.1 Å². The molecule has 23 heavy (non-hydrogen) atoms. The van der Waals surface area contributed by atoms with E-state index in [4.69, 9.17) is 4.74 Å². The Balaban J connectivity index is 0.00000242. The molecule has 1 aromatic rings. The highest BCUT2D eigenvalue weighted by Crippen LogP contribution is 2.29. The number of rotatable bonds is 6. The summed E-state index contributed by atoms with van der Waals surface area (Å²) in [5.74, 6) is 1.67. The molecule has 0 amide bonds. The lowest BCUT2D eigenvalue weighted by atomic mass is 9.95. The van der Waals surface area contributed by atoms with E-state index < -0.39 is 0 Å². The van der Waals surface area contributed by atoms with Crippen LogP contribution in [0.2, 0.25) is 0 Å². The first kappa shape index (κ1) is 22.5. The molecule has 1 aromatic carbocycles. The van der Waals surface area contributed by atoms with Crippen LogP contribution in [0.4, 0.5) is 0 Å². The zero-order chi connectivity index (χ0) is 15.2. The average Bonchev–Trinajstić information content (AvgIpc) is 2.46. The molecule has 134 valence electrons. The standard InChI is InChI=1S/C18H30N2O.2ClH/c1-14(2)13-18(20-11-9-19-10-12-20)16-5-7-17(8-6-16)21-15(3)4;;/h5-8,14-15,18-19H,9-13H2,1-4H3;2*1H/t18-;;/m1../s1. The molecular formula is C18H32Cl2N2O. The summed E-state index contributed by atoms with van der Waals surface area (Å²) in [6.07, 6.45) is 1.44. The summed E-state index contributed by atoms with van der Waals surface area (Å²) in [5.41, 5.74) is 1.42. The lowest BCUT2D eigenvalue weighted by Crippen LogP contribution is -2.45. The van der Waals surface area contributed by atoms with Gasteiger partial charge in [-0.2, -0.15) is 0 Å². The number of nitrogens with zero attached hydrogens (tertiary/aromatic N) is 1. The maximum Gasteiger partial charge on any atom is 0.119 e. The molecule has 0 unspecified atom stereocenters. The molecule has 1 aliphatic rings. The summed E-state index contributed by atoms with van der Waals surface area (Å²) >= 11 is 0. The normalized spacial score (nSPS) is 16.6. The Morgan fingerprint density at radius 3 is 2.04 bits per heavy atom. The van der Waals surface area contributed by atoms with Crippen molar-refractivity contribution in [1.29, 1.82) is 0 Å². The Kier molecular flexibility index (Phi) is 10.9. The molecule has 1 aliphatic heterocycles. The highest BCUT2D eigenvalue weighted by Gasteiger charge is 2.22. The van der Waals surface area contributed by atoms with E-state index >= 15 is 0 Å². The summed E-state index contributed by atoms with van der Waals surface area (Å²) < 4.78 is 5.75. The SMILES string of the molecule is CC(C)C[C@H](c1ccc(OC(C)C)cc1)N1CCNCC1.Cl.Cl. The van der Waals surface area contributed by atoms with Crippen molar-refractivity contribution in [2.45, 2.75) is 46.3 Å². The first-order valence-corrected chi connectivity index (χ1v) is 8.27. The number of piperazine rings is 1. The summed E-state index contributed by atoms with van der Waals surface area (Å²) in [6.45, 7) is 13.2.